The summed E-state index contributed by atoms with van der Waals surface area (Å²) < 4.78 is 17.9. The van der Waals surface area contributed by atoms with Gasteiger partial charge in [-0.1, -0.05) is 12.1 Å². The van der Waals surface area contributed by atoms with Gasteiger partial charge in [0.15, 0.2) is 5.11 Å². The fourth-order valence-electron chi connectivity index (χ4n) is 1.96. The SMILES string of the molecule is COc1ncccc1NC(=S)NCCCc1ccc(F)cc1. The van der Waals surface area contributed by atoms with Gasteiger partial charge >= 0.3 is 0 Å². The van der Waals surface area contributed by atoms with Gasteiger partial charge in [0.05, 0.1) is 7.11 Å². The topological polar surface area (TPSA) is 46.2 Å². The van der Waals surface area contributed by atoms with Crippen molar-refractivity contribution >= 4 is 23.0 Å². The van der Waals surface area contributed by atoms with Crippen molar-refractivity contribution in [2.45, 2.75) is 12.8 Å². The largest absolute Gasteiger partial charge is 0.480 e. The van der Waals surface area contributed by atoms with Gasteiger partial charge in [0.1, 0.15) is 11.5 Å². The van der Waals surface area contributed by atoms with Crippen molar-refractivity contribution < 1.29 is 9.13 Å². The van der Waals surface area contributed by atoms with Crippen molar-refractivity contribution in [3.05, 3.63) is 54.0 Å². The molecule has 0 atom stereocenters. The highest BCUT2D eigenvalue weighted by molar-refractivity contribution is 7.80. The van der Waals surface area contributed by atoms with Crippen LogP contribution in [0.25, 0.3) is 0 Å². The van der Waals surface area contributed by atoms with Gasteiger partial charge in [0.25, 0.3) is 0 Å². The van der Waals surface area contributed by atoms with Gasteiger partial charge < -0.3 is 15.4 Å². The molecule has 2 N–H and O–H groups in total. The number of nitrogens with one attached hydrogen (secondary N) is 2. The highest BCUT2D eigenvalue weighted by atomic mass is 32.1. The molecule has 0 unspecified atom stereocenters. The normalized spacial score (nSPS) is 10.1. The number of halogens is 1. The number of thiocarbonyl (C=S) groups is 1. The van der Waals surface area contributed by atoms with Gasteiger partial charge in [-0.3, -0.25) is 0 Å². The van der Waals surface area contributed by atoms with E-state index in [1.165, 1.54) is 12.1 Å². The first-order valence-electron chi connectivity index (χ1n) is 6.97. The zero-order valence-corrected chi connectivity index (χ0v) is 13.1. The number of methoxy groups -OCH3 is 1. The van der Waals surface area contributed by atoms with E-state index in [-0.39, 0.29) is 5.82 Å². The second-order valence-electron chi connectivity index (χ2n) is 4.67. The summed E-state index contributed by atoms with van der Waals surface area (Å²) >= 11 is 5.24. The van der Waals surface area contributed by atoms with E-state index in [2.05, 4.69) is 15.6 Å². The molecule has 0 aliphatic heterocycles. The van der Waals surface area contributed by atoms with Crippen LogP contribution >= 0.6 is 12.2 Å². The van der Waals surface area contributed by atoms with Gasteiger partial charge in [-0.2, -0.15) is 0 Å². The smallest absolute Gasteiger partial charge is 0.237 e. The summed E-state index contributed by atoms with van der Waals surface area (Å²) in [7, 11) is 1.56. The molecule has 2 rings (SSSR count). The standard InChI is InChI=1S/C16H18FN3OS/c1-21-15-14(5-3-10-18-15)20-16(22)19-11-2-4-12-6-8-13(17)9-7-12/h3,5-10H,2,4,11H2,1H3,(H2,19,20,22). The summed E-state index contributed by atoms with van der Waals surface area (Å²) in [6.07, 6.45) is 3.42. The predicted octanol–water partition coefficient (Wildman–Crippen LogP) is 3.15. The van der Waals surface area contributed by atoms with E-state index in [4.69, 9.17) is 17.0 Å². The molecule has 0 fully saturated rings. The van der Waals surface area contributed by atoms with E-state index < -0.39 is 0 Å². The van der Waals surface area contributed by atoms with Crippen LogP contribution < -0.4 is 15.4 Å². The molecule has 1 heterocycles. The quantitative estimate of drug-likeness (QED) is 0.633. The number of aryl methyl sites for hydroxylation is 1. The Labute approximate surface area is 134 Å². The van der Waals surface area contributed by atoms with Gasteiger partial charge in [0.2, 0.25) is 5.88 Å². The lowest BCUT2D eigenvalue weighted by molar-refractivity contribution is 0.400. The fourth-order valence-corrected chi connectivity index (χ4v) is 2.17. The maximum atomic E-state index is 12.8. The number of pyridine rings is 1. The molecule has 0 bridgehead atoms. The summed E-state index contributed by atoms with van der Waals surface area (Å²) in [6.45, 7) is 0.728. The third-order valence-electron chi connectivity index (χ3n) is 3.05. The highest BCUT2D eigenvalue weighted by Gasteiger charge is 2.04. The molecule has 0 radical (unpaired) electrons. The predicted molar refractivity (Wildman–Crippen MR) is 89.7 cm³/mol. The van der Waals surface area contributed by atoms with Crippen LogP contribution in [0.15, 0.2) is 42.6 Å². The molecule has 0 aliphatic rings. The van der Waals surface area contributed by atoms with E-state index in [9.17, 15) is 4.39 Å². The Morgan fingerprint density at radius 3 is 2.77 bits per heavy atom. The molecule has 2 aromatic rings. The molecule has 0 amide bonds. The van der Waals surface area contributed by atoms with Crippen LogP contribution in [0.2, 0.25) is 0 Å². The highest BCUT2D eigenvalue weighted by Crippen LogP contribution is 2.19. The summed E-state index contributed by atoms with van der Waals surface area (Å²) in [4.78, 5) is 4.09. The number of hydrogen-bond donors (Lipinski definition) is 2. The van der Waals surface area contributed by atoms with Crippen molar-refractivity contribution in [2.75, 3.05) is 19.0 Å². The molecule has 0 saturated heterocycles. The third kappa shape index (κ3) is 4.96. The summed E-state index contributed by atoms with van der Waals surface area (Å²) in [5, 5.41) is 6.70. The van der Waals surface area contributed by atoms with Gasteiger partial charge in [-0.05, 0) is 54.9 Å². The second kappa shape index (κ2) is 8.29. The number of ether oxygens (including phenoxy) is 1. The Morgan fingerprint density at radius 1 is 1.27 bits per heavy atom. The second-order valence-corrected chi connectivity index (χ2v) is 5.08. The zero-order chi connectivity index (χ0) is 15.8. The van der Waals surface area contributed by atoms with Crippen LogP contribution in [0.5, 0.6) is 5.88 Å². The van der Waals surface area contributed by atoms with E-state index in [0.29, 0.717) is 11.0 Å². The summed E-state index contributed by atoms with van der Waals surface area (Å²) in [6, 6.07) is 10.2. The number of anilines is 1. The third-order valence-corrected chi connectivity index (χ3v) is 3.30. The molecular weight excluding hydrogens is 301 g/mol. The number of hydrogen-bond acceptors (Lipinski definition) is 3. The molecule has 1 aromatic heterocycles. The van der Waals surface area contributed by atoms with Gasteiger partial charge in [-0.15, -0.1) is 0 Å². The van der Waals surface area contributed by atoms with Crippen LogP contribution in [0.3, 0.4) is 0 Å². The van der Waals surface area contributed by atoms with Crippen molar-refractivity contribution in [1.82, 2.24) is 10.3 Å². The van der Waals surface area contributed by atoms with Crippen molar-refractivity contribution in [3.63, 3.8) is 0 Å². The fraction of sp³-hybridized carbons (Fsp3) is 0.250. The van der Waals surface area contributed by atoms with Crippen molar-refractivity contribution in [2.24, 2.45) is 0 Å². The first-order chi connectivity index (χ1) is 10.7. The molecule has 6 heteroatoms. The van der Waals surface area contributed by atoms with Crippen LogP contribution in [-0.4, -0.2) is 23.8 Å². The van der Waals surface area contributed by atoms with E-state index in [1.54, 1.807) is 25.4 Å². The molecule has 116 valence electrons. The average molecular weight is 319 g/mol. The number of nitrogens with zero attached hydrogens (tertiary/aromatic N) is 1. The minimum atomic E-state index is -0.210. The summed E-state index contributed by atoms with van der Waals surface area (Å²) in [5.74, 6) is 0.288. The first-order valence-corrected chi connectivity index (χ1v) is 7.38. The first kappa shape index (κ1) is 16.2. The van der Waals surface area contributed by atoms with Gasteiger partial charge in [-0.25, -0.2) is 9.37 Å². The monoisotopic (exact) mass is 319 g/mol. The maximum Gasteiger partial charge on any atom is 0.237 e. The Morgan fingerprint density at radius 2 is 2.05 bits per heavy atom. The Hall–Kier alpha value is -2.21. The Kier molecular flexibility index (Phi) is 6.09. The van der Waals surface area contributed by atoms with Crippen LogP contribution in [0.1, 0.15) is 12.0 Å². The zero-order valence-electron chi connectivity index (χ0n) is 12.3. The van der Waals surface area contributed by atoms with Crippen LogP contribution in [0, 0.1) is 5.82 Å². The van der Waals surface area contributed by atoms with Gasteiger partial charge in [0, 0.05) is 12.7 Å². The number of benzene rings is 1. The lowest BCUT2D eigenvalue weighted by atomic mass is 10.1. The van der Waals surface area contributed by atoms with Crippen molar-refractivity contribution in [3.8, 4) is 5.88 Å². The van der Waals surface area contributed by atoms with E-state index >= 15 is 0 Å². The molecule has 4 nitrogen and oxygen atoms in total. The molecule has 22 heavy (non-hydrogen) atoms. The lowest BCUT2D eigenvalue weighted by Crippen LogP contribution is -2.29. The van der Waals surface area contributed by atoms with Crippen LogP contribution in [-0.2, 0) is 6.42 Å². The Bertz CT molecular complexity index is 619. The number of rotatable bonds is 6. The van der Waals surface area contributed by atoms with Crippen LogP contribution in [0.4, 0.5) is 10.1 Å². The lowest BCUT2D eigenvalue weighted by Gasteiger charge is -2.12. The molecule has 0 saturated carbocycles. The molecular formula is C16H18FN3OS. The molecule has 1 aromatic carbocycles. The Balaban J connectivity index is 1.72. The maximum absolute atomic E-state index is 12.8. The van der Waals surface area contributed by atoms with Crippen molar-refractivity contribution in [1.29, 1.82) is 0 Å². The van der Waals surface area contributed by atoms with E-state index in [0.717, 1.165) is 30.6 Å². The molecule has 0 spiro atoms. The number of aromatic nitrogens is 1. The minimum absolute atomic E-state index is 0.210. The van der Waals surface area contributed by atoms with E-state index in [1.807, 2.05) is 12.1 Å². The molecule has 0 aliphatic carbocycles. The minimum Gasteiger partial charge on any atom is -0.480 e. The average Bonchev–Trinajstić information content (AvgIpc) is 2.54. The summed E-state index contributed by atoms with van der Waals surface area (Å²) in [5.41, 5.74) is 1.83.